The van der Waals surface area contributed by atoms with Crippen LogP contribution in [-0.4, -0.2) is 36.4 Å². The summed E-state index contributed by atoms with van der Waals surface area (Å²) in [4.78, 5) is 11.1. The highest BCUT2D eigenvalue weighted by atomic mass is 32.2. The molecule has 6 heteroatoms. The Balaban J connectivity index is 2.17. The van der Waals surface area contributed by atoms with Gasteiger partial charge in [0.25, 0.3) is 0 Å². The molecule has 1 aliphatic rings. The topological polar surface area (TPSA) is 74.7 Å². The summed E-state index contributed by atoms with van der Waals surface area (Å²) in [7, 11) is -3.48. The van der Waals surface area contributed by atoms with Crippen LogP contribution < -0.4 is 0 Å². The number of carboxylic acid groups (broad SMARTS) is 1. The lowest BCUT2D eigenvalue weighted by atomic mass is 9.96. The van der Waals surface area contributed by atoms with E-state index in [4.69, 9.17) is 5.11 Å². The van der Waals surface area contributed by atoms with Crippen LogP contribution in [0.1, 0.15) is 25.3 Å². The van der Waals surface area contributed by atoms with E-state index in [1.54, 1.807) is 24.3 Å². The molecule has 2 rings (SSSR count). The fourth-order valence-corrected chi connectivity index (χ4v) is 4.37. The summed E-state index contributed by atoms with van der Waals surface area (Å²) in [6, 6.07) is 8.82. The van der Waals surface area contributed by atoms with Gasteiger partial charge in [-0.3, -0.25) is 4.79 Å². The number of carboxylic acids is 1. The molecular weight excluding hydrogens is 278 g/mol. The van der Waals surface area contributed by atoms with Crippen molar-refractivity contribution in [3.63, 3.8) is 0 Å². The SMILES string of the molecule is CC1CCC(C(=O)O)CN1S(=O)(=O)Cc1ccccc1. The third-order valence-corrected chi connectivity index (χ3v) is 5.64. The van der Waals surface area contributed by atoms with E-state index in [1.807, 2.05) is 13.0 Å². The molecule has 1 aromatic carbocycles. The standard InChI is InChI=1S/C14H19NO4S/c1-11-7-8-13(14(16)17)9-15(11)20(18,19)10-12-5-3-2-4-6-12/h2-6,11,13H,7-10H2,1H3,(H,16,17). The first kappa shape index (κ1) is 15.0. The second-order valence-corrected chi connectivity index (χ2v) is 7.19. The molecule has 1 aromatic rings. The van der Waals surface area contributed by atoms with Crippen molar-refractivity contribution >= 4 is 16.0 Å². The van der Waals surface area contributed by atoms with Gasteiger partial charge in [-0.1, -0.05) is 30.3 Å². The van der Waals surface area contributed by atoms with Gasteiger partial charge in [0.15, 0.2) is 0 Å². The number of hydrogen-bond acceptors (Lipinski definition) is 3. The Morgan fingerprint density at radius 3 is 2.55 bits per heavy atom. The highest BCUT2D eigenvalue weighted by Gasteiger charge is 2.36. The summed E-state index contributed by atoms with van der Waals surface area (Å²) in [5.41, 5.74) is 0.720. The summed E-state index contributed by atoms with van der Waals surface area (Å²) in [5, 5.41) is 9.08. The van der Waals surface area contributed by atoms with Gasteiger partial charge < -0.3 is 5.11 Å². The Labute approximate surface area is 119 Å². The highest BCUT2D eigenvalue weighted by Crippen LogP contribution is 2.26. The van der Waals surface area contributed by atoms with Gasteiger partial charge in [-0.25, -0.2) is 8.42 Å². The fraction of sp³-hybridized carbons (Fsp3) is 0.500. The monoisotopic (exact) mass is 297 g/mol. The van der Waals surface area contributed by atoms with Crippen molar-refractivity contribution in [3.8, 4) is 0 Å². The number of carbonyl (C=O) groups is 1. The maximum atomic E-state index is 12.5. The summed E-state index contributed by atoms with van der Waals surface area (Å²) in [5.74, 6) is -1.60. The lowest BCUT2D eigenvalue weighted by Gasteiger charge is -2.35. The zero-order chi connectivity index (χ0) is 14.8. The van der Waals surface area contributed by atoms with Crippen molar-refractivity contribution in [1.82, 2.24) is 4.31 Å². The van der Waals surface area contributed by atoms with E-state index in [1.165, 1.54) is 4.31 Å². The summed E-state index contributed by atoms with van der Waals surface area (Å²) >= 11 is 0. The third kappa shape index (κ3) is 3.37. The lowest BCUT2D eigenvalue weighted by Crippen LogP contribution is -2.47. The molecule has 0 spiro atoms. The van der Waals surface area contributed by atoms with E-state index in [0.29, 0.717) is 12.8 Å². The smallest absolute Gasteiger partial charge is 0.307 e. The van der Waals surface area contributed by atoms with Gasteiger partial charge in [0.05, 0.1) is 11.7 Å². The molecule has 1 saturated heterocycles. The summed E-state index contributed by atoms with van der Waals surface area (Å²) < 4.78 is 26.3. The van der Waals surface area contributed by atoms with Gasteiger partial charge in [-0.2, -0.15) is 4.31 Å². The Morgan fingerprint density at radius 1 is 1.30 bits per heavy atom. The first-order chi connectivity index (χ1) is 9.40. The maximum absolute atomic E-state index is 12.5. The zero-order valence-corrected chi connectivity index (χ0v) is 12.2. The van der Waals surface area contributed by atoms with Crippen molar-refractivity contribution in [3.05, 3.63) is 35.9 Å². The molecule has 0 radical (unpaired) electrons. The van der Waals surface area contributed by atoms with Crippen LogP contribution in [0.4, 0.5) is 0 Å². The van der Waals surface area contributed by atoms with E-state index < -0.39 is 21.9 Å². The minimum atomic E-state index is -3.48. The van der Waals surface area contributed by atoms with Crippen molar-refractivity contribution in [2.75, 3.05) is 6.54 Å². The van der Waals surface area contributed by atoms with Crippen LogP contribution in [0, 0.1) is 5.92 Å². The minimum absolute atomic E-state index is 0.0751. The quantitative estimate of drug-likeness (QED) is 0.918. The van der Waals surface area contributed by atoms with Crippen LogP contribution in [0.3, 0.4) is 0 Å². The molecular formula is C14H19NO4S. The van der Waals surface area contributed by atoms with E-state index in [0.717, 1.165) is 5.56 Å². The molecule has 0 amide bonds. The summed E-state index contributed by atoms with van der Waals surface area (Å²) in [6.07, 6.45) is 1.12. The second-order valence-electron chi connectivity index (χ2n) is 5.27. The van der Waals surface area contributed by atoms with E-state index >= 15 is 0 Å². The first-order valence-electron chi connectivity index (χ1n) is 6.66. The number of sulfonamides is 1. The van der Waals surface area contributed by atoms with Crippen molar-refractivity contribution in [1.29, 1.82) is 0 Å². The van der Waals surface area contributed by atoms with Crippen LogP contribution in [0.2, 0.25) is 0 Å². The first-order valence-corrected chi connectivity index (χ1v) is 8.27. The highest BCUT2D eigenvalue weighted by molar-refractivity contribution is 7.88. The number of rotatable bonds is 4. The molecule has 0 saturated carbocycles. The Hall–Kier alpha value is -1.40. The van der Waals surface area contributed by atoms with Crippen LogP contribution in [0.15, 0.2) is 30.3 Å². The fourth-order valence-electron chi connectivity index (χ4n) is 2.53. The van der Waals surface area contributed by atoms with Crippen LogP contribution in [0.25, 0.3) is 0 Å². The minimum Gasteiger partial charge on any atom is -0.481 e. The third-order valence-electron chi connectivity index (χ3n) is 3.72. The second kappa shape index (κ2) is 5.93. The van der Waals surface area contributed by atoms with Crippen molar-refractivity contribution < 1.29 is 18.3 Å². The molecule has 110 valence electrons. The predicted octanol–water partition coefficient (Wildman–Crippen LogP) is 1.70. The van der Waals surface area contributed by atoms with Crippen molar-refractivity contribution in [2.45, 2.75) is 31.6 Å². The number of aliphatic carboxylic acids is 1. The normalized spacial score (nSPS) is 24.4. The Morgan fingerprint density at radius 2 is 1.95 bits per heavy atom. The number of hydrogen-bond donors (Lipinski definition) is 1. The summed E-state index contributed by atoms with van der Waals surface area (Å²) in [6.45, 7) is 1.91. The van der Waals surface area contributed by atoms with E-state index in [9.17, 15) is 13.2 Å². The number of piperidine rings is 1. The van der Waals surface area contributed by atoms with Crippen LogP contribution >= 0.6 is 0 Å². The lowest BCUT2D eigenvalue weighted by molar-refractivity contribution is -0.143. The van der Waals surface area contributed by atoms with E-state index in [2.05, 4.69) is 0 Å². The van der Waals surface area contributed by atoms with Crippen LogP contribution in [-0.2, 0) is 20.6 Å². The Bertz CT molecular complexity index is 570. The molecule has 1 N–H and O–H groups in total. The van der Waals surface area contributed by atoms with Gasteiger partial charge in [0.2, 0.25) is 10.0 Å². The molecule has 1 fully saturated rings. The molecule has 2 unspecified atom stereocenters. The number of nitrogens with zero attached hydrogens (tertiary/aromatic N) is 1. The molecule has 20 heavy (non-hydrogen) atoms. The van der Waals surface area contributed by atoms with E-state index in [-0.39, 0.29) is 18.3 Å². The molecule has 1 aliphatic heterocycles. The van der Waals surface area contributed by atoms with Gasteiger partial charge >= 0.3 is 5.97 Å². The average Bonchev–Trinajstić information content (AvgIpc) is 2.39. The Kier molecular flexibility index (Phi) is 4.45. The predicted molar refractivity (Wildman–Crippen MR) is 75.6 cm³/mol. The van der Waals surface area contributed by atoms with Gasteiger partial charge in [0.1, 0.15) is 0 Å². The van der Waals surface area contributed by atoms with Crippen LogP contribution in [0.5, 0.6) is 0 Å². The molecule has 0 aliphatic carbocycles. The molecule has 0 aromatic heterocycles. The molecule has 2 atom stereocenters. The van der Waals surface area contributed by atoms with Gasteiger partial charge in [0, 0.05) is 12.6 Å². The number of benzene rings is 1. The van der Waals surface area contributed by atoms with Gasteiger partial charge in [-0.05, 0) is 25.3 Å². The molecule has 1 heterocycles. The average molecular weight is 297 g/mol. The van der Waals surface area contributed by atoms with Crippen molar-refractivity contribution in [2.24, 2.45) is 5.92 Å². The maximum Gasteiger partial charge on any atom is 0.307 e. The molecule has 5 nitrogen and oxygen atoms in total. The van der Waals surface area contributed by atoms with Gasteiger partial charge in [-0.15, -0.1) is 0 Å². The zero-order valence-electron chi connectivity index (χ0n) is 11.4. The molecule has 0 bridgehead atoms. The largest absolute Gasteiger partial charge is 0.481 e.